The number of aliphatic imine (C=N–C) groups is 1. The van der Waals surface area contributed by atoms with Crippen LogP contribution in [0.3, 0.4) is 0 Å². The Morgan fingerprint density at radius 1 is 1.44 bits per heavy atom. The normalized spacial score (nSPS) is 30.7. The van der Waals surface area contributed by atoms with Crippen molar-refractivity contribution in [2.45, 2.75) is 18.8 Å². The highest BCUT2D eigenvalue weighted by molar-refractivity contribution is 6.68. The van der Waals surface area contributed by atoms with Crippen molar-refractivity contribution >= 4 is 16.8 Å². The van der Waals surface area contributed by atoms with Gasteiger partial charge in [-0.3, -0.25) is 4.99 Å². The van der Waals surface area contributed by atoms with Gasteiger partial charge in [0.2, 0.25) is 0 Å². The van der Waals surface area contributed by atoms with E-state index in [0.29, 0.717) is 5.70 Å². The summed E-state index contributed by atoms with van der Waals surface area (Å²) in [5, 5.41) is 2.88. The molecule has 3 nitrogen and oxygen atoms in total. The second-order valence-electron chi connectivity index (χ2n) is 3.49. The van der Waals surface area contributed by atoms with Crippen LogP contribution in [0.1, 0.15) is 12.8 Å². The van der Waals surface area contributed by atoms with E-state index in [9.17, 15) is 8.78 Å². The zero-order valence-electron chi connectivity index (χ0n) is 8.72. The minimum atomic E-state index is -2.71. The Morgan fingerprint density at radius 3 is 2.94 bits per heavy atom. The van der Waals surface area contributed by atoms with Crippen molar-refractivity contribution in [3.63, 3.8) is 0 Å². The maximum absolute atomic E-state index is 13.2. The molecule has 0 saturated carbocycles. The van der Waals surface area contributed by atoms with E-state index < -0.39 is 5.92 Å². The molecule has 0 aromatic carbocycles. The molecule has 6 heteroatoms. The Labute approximate surface area is 98.1 Å². The lowest BCUT2D eigenvalue weighted by Gasteiger charge is -2.15. The molecular weight excluding hydrogens is 236 g/mol. The molecule has 0 saturated heterocycles. The molecule has 1 rings (SSSR count). The van der Waals surface area contributed by atoms with Crippen molar-refractivity contribution < 1.29 is 8.78 Å². The fraction of sp³-hybridized carbons (Fsp3) is 0.500. The smallest absolute Gasteiger partial charge is 0.251 e. The molecule has 3 N–H and O–H groups in total. The quantitative estimate of drug-likeness (QED) is 0.690. The summed E-state index contributed by atoms with van der Waals surface area (Å²) in [6.07, 6.45) is 3.97. The molecule has 90 valence electrons. The van der Waals surface area contributed by atoms with Crippen molar-refractivity contribution in [2.75, 3.05) is 13.1 Å². The first-order chi connectivity index (χ1) is 7.49. The van der Waals surface area contributed by atoms with Gasteiger partial charge in [-0.2, -0.15) is 0 Å². The van der Waals surface area contributed by atoms with Crippen LogP contribution < -0.4 is 11.1 Å². The highest BCUT2D eigenvalue weighted by Crippen LogP contribution is 2.22. The minimum Gasteiger partial charge on any atom is -0.399 e. The third-order valence-corrected chi connectivity index (χ3v) is 2.28. The van der Waals surface area contributed by atoms with Crippen molar-refractivity contribution in [1.29, 1.82) is 0 Å². The molecule has 0 bridgehead atoms. The maximum atomic E-state index is 13.2. The molecule has 0 atom stereocenters. The Kier molecular flexibility index (Phi) is 4.73. The number of hydrogen-bond donors (Lipinski definition) is 2. The molecule has 0 aliphatic carbocycles. The molecule has 1 aliphatic rings. The van der Waals surface area contributed by atoms with Gasteiger partial charge in [0.1, 0.15) is 5.17 Å². The third-order valence-electron chi connectivity index (χ3n) is 2.05. The number of alkyl halides is 2. The standard InChI is InChI=1S/C10H14ClF2N3/c11-9-7-8(14)1-4-15-5-2-10(12,13)3-6-16-9/h1,4,7,15H,2-3,5-6,14H2/b4-1+,8-7+,16-9+. The summed E-state index contributed by atoms with van der Waals surface area (Å²) in [7, 11) is 0. The molecule has 0 aromatic rings. The first-order valence-electron chi connectivity index (χ1n) is 4.94. The number of allylic oxidation sites excluding steroid dienone is 2. The largest absolute Gasteiger partial charge is 0.399 e. The van der Waals surface area contributed by atoms with Crippen molar-refractivity contribution in [2.24, 2.45) is 10.7 Å². The molecule has 16 heavy (non-hydrogen) atoms. The minimum absolute atomic E-state index is 0.000667. The van der Waals surface area contributed by atoms with Crippen LogP contribution in [-0.2, 0) is 0 Å². The average molecular weight is 250 g/mol. The van der Waals surface area contributed by atoms with E-state index >= 15 is 0 Å². The van der Waals surface area contributed by atoms with Gasteiger partial charge >= 0.3 is 0 Å². The van der Waals surface area contributed by atoms with E-state index in [1.807, 2.05) is 0 Å². The van der Waals surface area contributed by atoms with Gasteiger partial charge in [0, 0.05) is 31.6 Å². The van der Waals surface area contributed by atoms with Crippen LogP contribution in [0.2, 0.25) is 0 Å². The SMILES string of the molecule is NC1=C/C(Cl)=N\CCC(F)(F)CCN\C=C\1. The zero-order chi connectivity index (χ0) is 12.0. The van der Waals surface area contributed by atoms with Crippen molar-refractivity contribution in [3.05, 3.63) is 24.0 Å². The van der Waals surface area contributed by atoms with Gasteiger partial charge < -0.3 is 11.1 Å². The van der Waals surface area contributed by atoms with E-state index in [-0.39, 0.29) is 31.1 Å². The van der Waals surface area contributed by atoms with Crippen LogP contribution in [0.5, 0.6) is 0 Å². The van der Waals surface area contributed by atoms with Crippen LogP contribution in [0, 0.1) is 0 Å². The molecule has 1 heterocycles. The van der Waals surface area contributed by atoms with E-state index in [0.717, 1.165) is 0 Å². The number of hydrogen-bond acceptors (Lipinski definition) is 3. The first-order valence-corrected chi connectivity index (χ1v) is 5.32. The number of halogens is 3. The first kappa shape index (κ1) is 13.0. The van der Waals surface area contributed by atoms with Crippen LogP contribution in [0.4, 0.5) is 8.78 Å². The lowest BCUT2D eigenvalue weighted by atomic mass is 10.1. The summed E-state index contributed by atoms with van der Waals surface area (Å²) in [4.78, 5) is 3.80. The summed E-state index contributed by atoms with van der Waals surface area (Å²) in [5.74, 6) is -2.71. The monoisotopic (exact) mass is 249 g/mol. The molecular formula is C10H14ClF2N3. The molecule has 0 aromatic heterocycles. The Hall–Kier alpha value is -1.10. The second-order valence-corrected chi connectivity index (χ2v) is 3.88. The number of rotatable bonds is 0. The van der Waals surface area contributed by atoms with Gasteiger partial charge in [-0.25, -0.2) is 8.78 Å². The number of nitrogens with one attached hydrogen (secondary N) is 1. The van der Waals surface area contributed by atoms with Crippen LogP contribution in [-0.4, -0.2) is 24.2 Å². The second kappa shape index (κ2) is 5.84. The summed E-state index contributed by atoms with van der Waals surface area (Å²) >= 11 is 5.70. The van der Waals surface area contributed by atoms with Crippen LogP contribution in [0.25, 0.3) is 0 Å². The molecule has 0 fully saturated rings. The van der Waals surface area contributed by atoms with Gasteiger partial charge in [-0.05, 0) is 18.4 Å². The molecule has 0 radical (unpaired) electrons. The highest BCUT2D eigenvalue weighted by atomic mass is 35.5. The van der Waals surface area contributed by atoms with Crippen LogP contribution in [0.15, 0.2) is 29.0 Å². The maximum Gasteiger partial charge on any atom is 0.251 e. The molecule has 0 spiro atoms. The molecule has 1 aliphatic heterocycles. The van der Waals surface area contributed by atoms with Crippen molar-refractivity contribution in [1.82, 2.24) is 5.32 Å². The third kappa shape index (κ3) is 5.11. The lowest BCUT2D eigenvalue weighted by Crippen LogP contribution is -2.23. The Balaban J connectivity index is 2.74. The summed E-state index contributed by atoms with van der Waals surface area (Å²) in [6.45, 7) is 0.202. The molecule has 0 amide bonds. The van der Waals surface area contributed by atoms with Crippen molar-refractivity contribution in [3.8, 4) is 0 Å². The van der Waals surface area contributed by atoms with Crippen LogP contribution >= 0.6 is 11.6 Å². The Morgan fingerprint density at radius 2 is 2.19 bits per heavy atom. The lowest BCUT2D eigenvalue weighted by molar-refractivity contribution is -0.0122. The predicted molar refractivity (Wildman–Crippen MR) is 61.7 cm³/mol. The van der Waals surface area contributed by atoms with E-state index in [4.69, 9.17) is 17.3 Å². The van der Waals surface area contributed by atoms with E-state index in [1.54, 1.807) is 6.08 Å². The van der Waals surface area contributed by atoms with E-state index in [2.05, 4.69) is 10.3 Å². The topological polar surface area (TPSA) is 50.4 Å². The van der Waals surface area contributed by atoms with Gasteiger partial charge in [0.05, 0.1) is 0 Å². The highest BCUT2D eigenvalue weighted by Gasteiger charge is 2.27. The van der Waals surface area contributed by atoms with Gasteiger partial charge in [0.15, 0.2) is 0 Å². The zero-order valence-corrected chi connectivity index (χ0v) is 9.47. The van der Waals surface area contributed by atoms with Gasteiger partial charge in [-0.15, -0.1) is 0 Å². The fourth-order valence-corrected chi connectivity index (χ4v) is 1.39. The summed E-state index contributed by atoms with van der Waals surface area (Å²) in [6, 6.07) is 0. The number of nitrogens with two attached hydrogens (primary N) is 1. The summed E-state index contributed by atoms with van der Waals surface area (Å²) < 4.78 is 26.4. The summed E-state index contributed by atoms with van der Waals surface area (Å²) in [5.41, 5.74) is 6.00. The van der Waals surface area contributed by atoms with Gasteiger partial charge in [-0.1, -0.05) is 11.6 Å². The Bertz CT molecular complexity index is 324. The predicted octanol–water partition coefficient (Wildman–Crippen LogP) is 2.00. The average Bonchev–Trinajstić information content (AvgIpc) is 2.14. The molecule has 0 unspecified atom stereocenters. The fourth-order valence-electron chi connectivity index (χ4n) is 1.18. The number of nitrogens with zero attached hydrogens (tertiary/aromatic N) is 1. The van der Waals surface area contributed by atoms with Gasteiger partial charge in [0.25, 0.3) is 5.92 Å². The van der Waals surface area contributed by atoms with E-state index in [1.165, 1.54) is 12.3 Å².